The third kappa shape index (κ3) is 3.60. The van der Waals surface area contributed by atoms with E-state index in [-0.39, 0.29) is 5.41 Å². The Balaban J connectivity index is 1.72. The van der Waals surface area contributed by atoms with Gasteiger partial charge in [0.15, 0.2) is 0 Å². The molecular formula is C16H26N2OS. The Labute approximate surface area is 126 Å². The molecule has 2 fully saturated rings. The molecule has 1 saturated carbocycles. The molecule has 20 heavy (non-hydrogen) atoms. The molecule has 0 spiro atoms. The van der Waals surface area contributed by atoms with E-state index in [1.54, 1.807) is 0 Å². The average molecular weight is 294 g/mol. The highest BCUT2D eigenvalue weighted by atomic mass is 32.1. The average Bonchev–Trinajstić information content (AvgIpc) is 2.88. The Morgan fingerprint density at radius 1 is 1.30 bits per heavy atom. The summed E-state index contributed by atoms with van der Waals surface area (Å²) in [6.45, 7) is 8.70. The molecule has 0 amide bonds. The van der Waals surface area contributed by atoms with Crippen molar-refractivity contribution in [2.75, 3.05) is 6.61 Å². The molecule has 1 aromatic heterocycles. The predicted octanol–water partition coefficient (Wildman–Crippen LogP) is 3.41. The standard InChI is InChI=1S/C16H26N2OS/c1-16(2,3)15-13(10-17-11-6-7-11)20-14(18-15)9-12-5-4-8-19-12/h11-12,17H,4-10H2,1-3H3. The summed E-state index contributed by atoms with van der Waals surface area (Å²) >= 11 is 1.89. The molecule has 0 bridgehead atoms. The summed E-state index contributed by atoms with van der Waals surface area (Å²) < 4.78 is 5.75. The third-order valence-electron chi connectivity index (χ3n) is 4.01. The summed E-state index contributed by atoms with van der Waals surface area (Å²) in [7, 11) is 0. The number of hydrogen-bond acceptors (Lipinski definition) is 4. The second kappa shape index (κ2) is 5.74. The zero-order valence-corrected chi connectivity index (χ0v) is 13.7. The van der Waals surface area contributed by atoms with Crippen LogP contribution in [0.3, 0.4) is 0 Å². The summed E-state index contributed by atoms with van der Waals surface area (Å²) in [6, 6.07) is 0.756. The summed E-state index contributed by atoms with van der Waals surface area (Å²) in [5.41, 5.74) is 1.41. The summed E-state index contributed by atoms with van der Waals surface area (Å²) in [4.78, 5) is 6.37. The Kier molecular flexibility index (Phi) is 4.16. The van der Waals surface area contributed by atoms with E-state index in [4.69, 9.17) is 9.72 Å². The van der Waals surface area contributed by atoms with Gasteiger partial charge in [-0.2, -0.15) is 0 Å². The van der Waals surface area contributed by atoms with Crippen LogP contribution in [0.15, 0.2) is 0 Å². The minimum Gasteiger partial charge on any atom is -0.378 e. The monoisotopic (exact) mass is 294 g/mol. The molecule has 1 aromatic rings. The number of nitrogens with one attached hydrogen (secondary N) is 1. The number of aromatic nitrogens is 1. The van der Waals surface area contributed by atoms with Gasteiger partial charge in [-0.25, -0.2) is 4.98 Å². The fourth-order valence-corrected chi connectivity index (χ4v) is 4.01. The molecule has 1 aliphatic carbocycles. The molecule has 2 aliphatic rings. The number of rotatable bonds is 5. The van der Waals surface area contributed by atoms with Gasteiger partial charge in [0, 0.05) is 35.9 Å². The Hall–Kier alpha value is -0.450. The first-order chi connectivity index (χ1) is 9.52. The van der Waals surface area contributed by atoms with Crippen molar-refractivity contribution in [3.05, 3.63) is 15.6 Å². The van der Waals surface area contributed by atoms with Crippen molar-refractivity contribution in [2.24, 2.45) is 0 Å². The largest absolute Gasteiger partial charge is 0.378 e. The molecule has 1 atom stereocenters. The van der Waals surface area contributed by atoms with Crippen LogP contribution in [0.25, 0.3) is 0 Å². The molecule has 3 nitrogen and oxygen atoms in total. The van der Waals surface area contributed by atoms with Gasteiger partial charge < -0.3 is 10.1 Å². The first-order valence-corrected chi connectivity index (χ1v) is 8.68. The Morgan fingerprint density at radius 3 is 2.70 bits per heavy atom. The second-order valence-electron chi connectivity index (χ2n) is 7.12. The van der Waals surface area contributed by atoms with Crippen LogP contribution in [0, 0.1) is 0 Å². The predicted molar refractivity (Wildman–Crippen MR) is 83.4 cm³/mol. The second-order valence-corrected chi connectivity index (χ2v) is 8.29. The quantitative estimate of drug-likeness (QED) is 0.903. The van der Waals surface area contributed by atoms with Gasteiger partial charge in [0.05, 0.1) is 16.8 Å². The maximum Gasteiger partial charge on any atom is 0.0957 e. The number of ether oxygens (including phenoxy) is 1. The minimum absolute atomic E-state index is 0.131. The summed E-state index contributed by atoms with van der Waals surface area (Å²) in [5.74, 6) is 0. The fourth-order valence-electron chi connectivity index (χ4n) is 2.72. The number of hydrogen-bond donors (Lipinski definition) is 1. The topological polar surface area (TPSA) is 34.1 Å². The van der Waals surface area contributed by atoms with Gasteiger partial charge in [0.2, 0.25) is 0 Å². The maximum atomic E-state index is 5.75. The van der Waals surface area contributed by atoms with E-state index in [9.17, 15) is 0 Å². The lowest BCUT2D eigenvalue weighted by Crippen LogP contribution is -2.20. The van der Waals surface area contributed by atoms with E-state index in [2.05, 4.69) is 26.1 Å². The van der Waals surface area contributed by atoms with Crippen LogP contribution >= 0.6 is 11.3 Å². The van der Waals surface area contributed by atoms with E-state index < -0.39 is 0 Å². The first kappa shape index (κ1) is 14.5. The van der Waals surface area contributed by atoms with Gasteiger partial charge in [-0.15, -0.1) is 11.3 Å². The molecule has 1 saturated heterocycles. The highest BCUT2D eigenvalue weighted by molar-refractivity contribution is 7.11. The van der Waals surface area contributed by atoms with E-state index in [0.717, 1.165) is 25.6 Å². The minimum atomic E-state index is 0.131. The van der Waals surface area contributed by atoms with E-state index in [1.165, 1.54) is 41.3 Å². The highest BCUT2D eigenvalue weighted by Gasteiger charge is 2.27. The Bertz CT molecular complexity index is 454. The van der Waals surface area contributed by atoms with E-state index >= 15 is 0 Å². The SMILES string of the molecule is CC(C)(C)c1nc(CC2CCCO2)sc1CNC1CC1. The van der Waals surface area contributed by atoms with Gasteiger partial charge in [-0.1, -0.05) is 20.8 Å². The first-order valence-electron chi connectivity index (χ1n) is 7.86. The zero-order valence-electron chi connectivity index (χ0n) is 12.9. The molecule has 3 rings (SSSR count). The highest BCUT2D eigenvalue weighted by Crippen LogP contribution is 2.32. The van der Waals surface area contributed by atoms with Crippen LogP contribution in [0.1, 0.15) is 62.0 Å². The van der Waals surface area contributed by atoms with Crippen LogP contribution in [0.4, 0.5) is 0 Å². The lowest BCUT2D eigenvalue weighted by molar-refractivity contribution is 0.111. The van der Waals surface area contributed by atoms with E-state index in [0.29, 0.717) is 6.10 Å². The zero-order chi connectivity index (χ0) is 14.2. The van der Waals surface area contributed by atoms with Crippen molar-refractivity contribution in [1.29, 1.82) is 0 Å². The van der Waals surface area contributed by atoms with Crippen molar-refractivity contribution in [3.63, 3.8) is 0 Å². The molecule has 4 heteroatoms. The van der Waals surface area contributed by atoms with Crippen molar-refractivity contribution >= 4 is 11.3 Å². The fraction of sp³-hybridized carbons (Fsp3) is 0.812. The molecule has 112 valence electrons. The summed E-state index contributed by atoms with van der Waals surface area (Å²) in [6.07, 6.45) is 6.48. The van der Waals surface area contributed by atoms with Crippen molar-refractivity contribution in [1.82, 2.24) is 10.3 Å². The van der Waals surface area contributed by atoms with Gasteiger partial charge in [0.25, 0.3) is 0 Å². The molecule has 2 heterocycles. The van der Waals surface area contributed by atoms with Crippen LogP contribution in [0.5, 0.6) is 0 Å². The lowest BCUT2D eigenvalue weighted by atomic mass is 9.91. The smallest absolute Gasteiger partial charge is 0.0957 e. The van der Waals surface area contributed by atoms with Gasteiger partial charge >= 0.3 is 0 Å². The molecule has 1 unspecified atom stereocenters. The van der Waals surface area contributed by atoms with Crippen LogP contribution in [-0.2, 0) is 23.1 Å². The molecule has 0 aromatic carbocycles. The van der Waals surface area contributed by atoms with E-state index in [1.807, 2.05) is 11.3 Å². The lowest BCUT2D eigenvalue weighted by Gasteiger charge is -2.17. The van der Waals surface area contributed by atoms with Crippen molar-refractivity contribution in [3.8, 4) is 0 Å². The van der Waals surface area contributed by atoms with Crippen molar-refractivity contribution < 1.29 is 4.74 Å². The Morgan fingerprint density at radius 2 is 2.10 bits per heavy atom. The molecular weight excluding hydrogens is 268 g/mol. The number of thiazole rings is 1. The molecule has 1 aliphatic heterocycles. The maximum absolute atomic E-state index is 5.75. The summed E-state index contributed by atoms with van der Waals surface area (Å²) in [5, 5.41) is 4.89. The van der Waals surface area contributed by atoms with Crippen molar-refractivity contribution in [2.45, 2.75) is 77.0 Å². The van der Waals surface area contributed by atoms with Gasteiger partial charge in [-0.3, -0.25) is 0 Å². The molecule has 1 N–H and O–H groups in total. The number of nitrogens with zero attached hydrogens (tertiary/aromatic N) is 1. The normalized spacial score (nSPS) is 23.4. The van der Waals surface area contributed by atoms with Gasteiger partial charge in [-0.05, 0) is 25.7 Å². The van der Waals surface area contributed by atoms with Crippen LogP contribution in [0.2, 0.25) is 0 Å². The third-order valence-corrected chi connectivity index (χ3v) is 5.08. The molecule has 0 radical (unpaired) electrons. The van der Waals surface area contributed by atoms with Gasteiger partial charge in [0.1, 0.15) is 0 Å². The van der Waals surface area contributed by atoms with Crippen LogP contribution < -0.4 is 5.32 Å². The van der Waals surface area contributed by atoms with Crippen LogP contribution in [-0.4, -0.2) is 23.7 Å².